The lowest BCUT2D eigenvalue weighted by atomic mass is 10.2. The van der Waals surface area contributed by atoms with E-state index in [4.69, 9.17) is 9.84 Å². The Labute approximate surface area is 136 Å². The molecule has 3 rings (SSSR count). The predicted molar refractivity (Wildman–Crippen MR) is 85.5 cm³/mol. The monoisotopic (exact) mass is 325 g/mol. The number of pyridine rings is 1. The Morgan fingerprint density at radius 3 is 2.50 bits per heavy atom. The second-order valence-electron chi connectivity index (χ2n) is 4.87. The minimum absolute atomic E-state index is 0.0593. The molecule has 24 heavy (non-hydrogen) atoms. The van der Waals surface area contributed by atoms with Crippen LogP contribution in [0.3, 0.4) is 0 Å². The van der Waals surface area contributed by atoms with E-state index in [-0.39, 0.29) is 5.69 Å². The third-order valence-electron chi connectivity index (χ3n) is 3.34. The number of nitrogens with zero attached hydrogens (tertiary/aromatic N) is 2. The SMILES string of the molecule is CO[N+](=O)c1ccc(Oc2cccc3ccc(C(=O)O)nc23)cc1. The summed E-state index contributed by atoms with van der Waals surface area (Å²) >= 11 is 0. The number of carboxylic acids is 1. The van der Waals surface area contributed by atoms with E-state index in [0.29, 0.717) is 27.6 Å². The number of hydrogen-bond acceptors (Lipinski definition) is 5. The van der Waals surface area contributed by atoms with Crippen LogP contribution in [0.1, 0.15) is 10.5 Å². The van der Waals surface area contributed by atoms with E-state index in [1.807, 2.05) is 6.07 Å². The van der Waals surface area contributed by atoms with Gasteiger partial charge in [0.15, 0.2) is 12.9 Å². The normalized spacial score (nSPS) is 10.4. The Bertz CT molecular complexity index is 922. The quantitative estimate of drug-likeness (QED) is 0.720. The maximum atomic E-state index is 11.3. The summed E-state index contributed by atoms with van der Waals surface area (Å²) in [5.74, 6) is -0.196. The number of aromatic nitrogens is 1. The molecular weight excluding hydrogens is 312 g/mol. The molecule has 0 aliphatic carbocycles. The minimum Gasteiger partial charge on any atom is -0.477 e. The Hall–Kier alpha value is -3.48. The van der Waals surface area contributed by atoms with Crippen molar-refractivity contribution in [3.8, 4) is 11.5 Å². The van der Waals surface area contributed by atoms with Crippen LogP contribution in [0, 0.1) is 4.91 Å². The smallest absolute Gasteiger partial charge is 0.354 e. The van der Waals surface area contributed by atoms with Gasteiger partial charge in [0.1, 0.15) is 17.0 Å². The van der Waals surface area contributed by atoms with Gasteiger partial charge < -0.3 is 9.84 Å². The summed E-state index contributed by atoms with van der Waals surface area (Å²) in [5.41, 5.74) is 0.717. The first-order chi connectivity index (χ1) is 11.6. The highest BCUT2D eigenvalue weighted by atomic mass is 16.8. The van der Waals surface area contributed by atoms with Crippen molar-refractivity contribution in [1.29, 1.82) is 0 Å². The number of hydrogen-bond donors (Lipinski definition) is 1. The number of fused-ring (bicyclic) bond motifs is 1. The van der Waals surface area contributed by atoms with Gasteiger partial charge in [0, 0.05) is 17.5 Å². The highest BCUT2D eigenvalue weighted by Crippen LogP contribution is 2.29. The van der Waals surface area contributed by atoms with Crippen molar-refractivity contribution in [3.05, 3.63) is 65.2 Å². The van der Waals surface area contributed by atoms with Crippen LogP contribution in [-0.2, 0) is 4.84 Å². The van der Waals surface area contributed by atoms with E-state index < -0.39 is 5.97 Å². The molecule has 1 heterocycles. The Morgan fingerprint density at radius 2 is 1.83 bits per heavy atom. The average molecular weight is 325 g/mol. The Morgan fingerprint density at radius 1 is 1.08 bits per heavy atom. The fourth-order valence-electron chi connectivity index (χ4n) is 2.19. The molecule has 0 spiro atoms. The molecule has 0 amide bonds. The molecule has 0 fully saturated rings. The van der Waals surface area contributed by atoms with Gasteiger partial charge in [0.2, 0.25) is 0 Å². The molecule has 120 valence electrons. The lowest BCUT2D eigenvalue weighted by molar-refractivity contribution is -0.736. The summed E-state index contributed by atoms with van der Waals surface area (Å²) < 4.78 is 5.78. The molecule has 0 bridgehead atoms. The highest BCUT2D eigenvalue weighted by Gasteiger charge is 2.14. The van der Waals surface area contributed by atoms with Crippen LogP contribution in [0.2, 0.25) is 0 Å². The highest BCUT2D eigenvalue weighted by molar-refractivity contribution is 5.91. The maximum absolute atomic E-state index is 11.3. The molecule has 0 radical (unpaired) electrons. The van der Waals surface area contributed by atoms with Crippen molar-refractivity contribution in [2.24, 2.45) is 0 Å². The Balaban J connectivity index is 1.96. The molecule has 7 heteroatoms. The van der Waals surface area contributed by atoms with Gasteiger partial charge in [0.25, 0.3) is 4.92 Å². The number of rotatable bonds is 5. The van der Waals surface area contributed by atoms with Crippen LogP contribution in [0.25, 0.3) is 10.9 Å². The van der Waals surface area contributed by atoms with Crippen LogP contribution in [0.5, 0.6) is 11.5 Å². The number of carbonyl (C=O) groups is 1. The van der Waals surface area contributed by atoms with Crippen LogP contribution < -0.4 is 4.74 Å². The molecule has 0 saturated heterocycles. The van der Waals surface area contributed by atoms with Crippen LogP contribution in [0.4, 0.5) is 5.69 Å². The Kier molecular flexibility index (Phi) is 4.07. The van der Waals surface area contributed by atoms with Crippen molar-refractivity contribution in [3.63, 3.8) is 0 Å². The van der Waals surface area contributed by atoms with E-state index in [1.165, 1.54) is 13.2 Å². The third kappa shape index (κ3) is 3.00. The number of aromatic carboxylic acids is 1. The molecule has 0 unspecified atom stereocenters. The second kappa shape index (κ2) is 6.33. The molecule has 1 N–H and O–H groups in total. The molecule has 3 aromatic rings. The molecule has 7 nitrogen and oxygen atoms in total. The lowest BCUT2D eigenvalue weighted by Gasteiger charge is -2.08. The molecule has 0 atom stereocenters. The van der Waals surface area contributed by atoms with Crippen LogP contribution >= 0.6 is 0 Å². The predicted octanol–water partition coefficient (Wildman–Crippen LogP) is 3.70. The first kappa shape index (κ1) is 15.4. The van der Waals surface area contributed by atoms with Crippen LogP contribution in [-0.4, -0.2) is 28.1 Å². The summed E-state index contributed by atoms with van der Waals surface area (Å²) in [4.78, 5) is 31.5. The summed E-state index contributed by atoms with van der Waals surface area (Å²) in [6.07, 6.45) is 0. The summed E-state index contributed by atoms with van der Waals surface area (Å²) in [6, 6.07) is 14.7. The van der Waals surface area contributed by atoms with Crippen LogP contribution in [0.15, 0.2) is 54.6 Å². The zero-order chi connectivity index (χ0) is 17.1. The van der Waals surface area contributed by atoms with E-state index >= 15 is 0 Å². The van der Waals surface area contributed by atoms with Gasteiger partial charge in [-0.25, -0.2) is 14.6 Å². The molecule has 0 saturated carbocycles. The minimum atomic E-state index is -1.11. The first-order valence-corrected chi connectivity index (χ1v) is 7.01. The fourth-order valence-corrected chi connectivity index (χ4v) is 2.19. The number of ether oxygens (including phenoxy) is 1. The average Bonchev–Trinajstić information content (AvgIpc) is 2.61. The zero-order valence-corrected chi connectivity index (χ0v) is 12.7. The number of benzene rings is 2. The van der Waals surface area contributed by atoms with Gasteiger partial charge in [-0.05, 0) is 24.3 Å². The van der Waals surface area contributed by atoms with E-state index in [0.717, 1.165) is 5.39 Å². The van der Waals surface area contributed by atoms with E-state index in [9.17, 15) is 9.70 Å². The van der Waals surface area contributed by atoms with E-state index in [2.05, 4.69) is 9.82 Å². The molecule has 2 aromatic carbocycles. The van der Waals surface area contributed by atoms with Gasteiger partial charge >= 0.3 is 11.7 Å². The van der Waals surface area contributed by atoms with Crippen molar-refractivity contribution in [1.82, 2.24) is 4.98 Å². The van der Waals surface area contributed by atoms with Gasteiger partial charge in [-0.2, -0.15) is 0 Å². The van der Waals surface area contributed by atoms with Gasteiger partial charge in [-0.3, -0.25) is 0 Å². The first-order valence-electron chi connectivity index (χ1n) is 7.01. The summed E-state index contributed by atoms with van der Waals surface area (Å²) in [5, 5.41) is 9.84. The largest absolute Gasteiger partial charge is 0.477 e. The standard InChI is InChI=1S/C17H12N2O5/c1-23-19(22)12-6-8-13(9-7-12)24-15-4-2-3-11-5-10-14(17(20)21)18-16(11)15/h2-10H,1H3/p+1. The topological polar surface area (TPSA) is 88.7 Å². The van der Waals surface area contributed by atoms with Crippen molar-refractivity contribution < 1.29 is 24.4 Å². The summed E-state index contributed by atoms with van der Waals surface area (Å²) in [7, 11) is 1.28. The maximum Gasteiger partial charge on any atom is 0.354 e. The third-order valence-corrected chi connectivity index (χ3v) is 3.34. The number of para-hydroxylation sites is 1. The molecular formula is C17H13N2O5+. The van der Waals surface area contributed by atoms with Gasteiger partial charge in [-0.1, -0.05) is 18.2 Å². The molecule has 0 aliphatic rings. The van der Waals surface area contributed by atoms with Gasteiger partial charge in [0.05, 0.1) is 4.91 Å². The molecule has 0 aliphatic heterocycles. The van der Waals surface area contributed by atoms with Crippen molar-refractivity contribution in [2.75, 3.05) is 7.11 Å². The van der Waals surface area contributed by atoms with E-state index in [1.54, 1.807) is 42.5 Å². The molecule has 1 aromatic heterocycles. The second-order valence-corrected chi connectivity index (χ2v) is 4.87. The zero-order valence-electron chi connectivity index (χ0n) is 12.7. The summed E-state index contributed by atoms with van der Waals surface area (Å²) in [6.45, 7) is 0. The van der Waals surface area contributed by atoms with Crippen molar-refractivity contribution >= 4 is 22.6 Å². The number of carboxylic acid groups (broad SMARTS) is 1. The van der Waals surface area contributed by atoms with Crippen molar-refractivity contribution in [2.45, 2.75) is 0 Å². The fraction of sp³-hybridized carbons (Fsp3) is 0.0588. The lowest BCUT2D eigenvalue weighted by Crippen LogP contribution is -2.00. The van der Waals surface area contributed by atoms with Gasteiger partial charge in [-0.15, -0.1) is 0 Å².